The van der Waals surface area contributed by atoms with Crippen molar-refractivity contribution >= 4 is 11.3 Å². The summed E-state index contributed by atoms with van der Waals surface area (Å²) in [5.74, 6) is 0.775. The first-order valence-electron chi connectivity index (χ1n) is 4.46. The van der Waals surface area contributed by atoms with Crippen LogP contribution < -0.4 is 5.73 Å². The molecule has 2 unspecified atom stereocenters. The zero-order valence-corrected chi connectivity index (χ0v) is 8.23. The van der Waals surface area contributed by atoms with Gasteiger partial charge in [0.25, 0.3) is 0 Å². The van der Waals surface area contributed by atoms with Crippen molar-refractivity contribution in [3.05, 3.63) is 22.4 Å². The van der Waals surface area contributed by atoms with Gasteiger partial charge in [0.05, 0.1) is 0 Å². The lowest BCUT2D eigenvalue weighted by Crippen LogP contribution is -2.10. The highest BCUT2D eigenvalue weighted by Crippen LogP contribution is 2.53. The Bertz CT molecular complexity index is 255. The van der Waals surface area contributed by atoms with E-state index in [4.69, 9.17) is 5.73 Å². The molecule has 1 aromatic heterocycles. The van der Waals surface area contributed by atoms with Crippen LogP contribution in [-0.2, 0) is 6.42 Å². The van der Waals surface area contributed by atoms with Gasteiger partial charge in [0.1, 0.15) is 0 Å². The van der Waals surface area contributed by atoms with Gasteiger partial charge in [-0.15, -0.1) is 0 Å². The van der Waals surface area contributed by atoms with E-state index < -0.39 is 0 Å². The predicted octanol–water partition coefficient (Wildman–Crippen LogP) is 2.28. The second-order valence-electron chi connectivity index (χ2n) is 4.10. The Balaban J connectivity index is 1.97. The summed E-state index contributed by atoms with van der Waals surface area (Å²) in [7, 11) is 0. The Morgan fingerprint density at radius 1 is 1.75 bits per heavy atom. The van der Waals surface area contributed by atoms with Crippen molar-refractivity contribution in [3.63, 3.8) is 0 Å². The van der Waals surface area contributed by atoms with Gasteiger partial charge in [-0.05, 0) is 53.1 Å². The fourth-order valence-corrected chi connectivity index (χ4v) is 2.62. The van der Waals surface area contributed by atoms with Crippen LogP contribution in [0.25, 0.3) is 0 Å². The molecule has 0 amide bonds. The van der Waals surface area contributed by atoms with Crippen LogP contribution in [0.15, 0.2) is 16.8 Å². The molecule has 1 aliphatic rings. The molecule has 0 spiro atoms. The zero-order valence-electron chi connectivity index (χ0n) is 7.42. The number of thiophene rings is 1. The Hall–Kier alpha value is -0.340. The lowest BCUT2D eigenvalue weighted by molar-refractivity contribution is 0.504. The van der Waals surface area contributed by atoms with Crippen molar-refractivity contribution in [3.8, 4) is 0 Å². The SMILES string of the molecule is CC1(Cc2ccsc2)CC1CN. The first-order valence-corrected chi connectivity index (χ1v) is 5.40. The van der Waals surface area contributed by atoms with Crippen molar-refractivity contribution in [1.29, 1.82) is 0 Å². The van der Waals surface area contributed by atoms with E-state index in [9.17, 15) is 0 Å². The molecule has 12 heavy (non-hydrogen) atoms. The standard InChI is InChI=1S/C10H15NS/c1-10(5-9(10)6-11)4-8-2-3-12-7-8/h2-3,7,9H,4-6,11H2,1H3. The summed E-state index contributed by atoms with van der Waals surface area (Å²) in [6.07, 6.45) is 2.54. The van der Waals surface area contributed by atoms with Crippen LogP contribution in [0, 0.1) is 11.3 Å². The van der Waals surface area contributed by atoms with Gasteiger partial charge in [-0.2, -0.15) is 11.3 Å². The second-order valence-corrected chi connectivity index (χ2v) is 4.88. The molecule has 2 rings (SSSR count). The molecule has 2 atom stereocenters. The first kappa shape index (κ1) is 8.27. The maximum Gasteiger partial charge on any atom is -0.00433 e. The van der Waals surface area contributed by atoms with E-state index in [1.807, 2.05) is 0 Å². The maximum atomic E-state index is 5.64. The Kier molecular flexibility index (Phi) is 1.97. The lowest BCUT2D eigenvalue weighted by atomic mass is 9.98. The molecule has 1 aliphatic carbocycles. The van der Waals surface area contributed by atoms with Gasteiger partial charge in [0.2, 0.25) is 0 Å². The molecule has 1 fully saturated rings. The highest BCUT2D eigenvalue weighted by Gasteiger charge is 2.48. The number of hydrogen-bond acceptors (Lipinski definition) is 2. The largest absolute Gasteiger partial charge is 0.330 e. The van der Waals surface area contributed by atoms with Gasteiger partial charge >= 0.3 is 0 Å². The van der Waals surface area contributed by atoms with Crippen LogP contribution >= 0.6 is 11.3 Å². The summed E-state index contributed by atoms with van der Waals surface area (Å²) in [5.41, 5.74) is 7.65. The third-order valence-electron chi connectivity index (χ3n) is 3.01. The highest BCUT2D eigenvalue weighted by atomic mass is 32.1. The van der Waals surface area contributed by atoms with E-state index in [-0.39, 0.29) is 0 Å². The van der Waals surface area contributed by atoms with Gasteiger partial charge in [-0.25, -0.2) is 0 Å². The molecule has 0 aromatic carbocycles. The van der Waals surface area contributed by atoms with Crippen LogP contribution in [-0.4, -0.2) is 6.54 Å². The fourth-order valence-electron chi connectivity index (χ4n) is 1.95. The van der Waals surface area contributed by atoms with Crippen LogP contribution in [0.3, 0.4) is 0 Å². The topological polar surface area (TPSA) is 26.0 Å². The Morgan fingerprint density at radius 2 is 2.58 bits per heavy atom. The van der Waals surface area contributed by atoms with Gasteiger partial charge in [-0.1, -0.05) is 6.92 Å². The molecule has 0 aliphatic heterocycles. The van der Waals surface area contributed by atoms with Gasteiger partial charge in [0.15, 0.2) is 0 Å². The summed E-state index contributed by atoms with van der Waals surface area (Å²) < 4.78 is 0. The predicted molar refractivity (Wildman–Crippen MR) is 53.3 cm³/mol. The summed E-state index contributed by atoms with van der Waals surface area (Å²) in [5, 5.41) is 4.40. The summed E-state index contributed by atoms with van der Waals surface area (Å²) in [6, 6.07) is 2.22. The third kappa shape index (κ3) is 1.41. The van der Waals surface area contributed by atoms with E-state index in [0.29, 0.717) is 5.41 Å². The molecule has 0 radical (unpaired) electrons. The average Bonchev–Trinajstić information content (AvgIpc) is 2.48. The number of hydrogen-bond donors (Lipinski definition) is 1. The molecule has 66 valence electrons. The van der Waals surface area contributed by atoms with E-state index in [2.05, 4.69) is 23.8 Å². The molecular formula is C10H15NS. The van der Waals surface area contributed by atoms with Crippen LogP contribution in [0.4, 0.5) is 0 Å². The summed E-state index contributed by atoms with van der Waals surface area (Å²) in [6.45, 7) is 3.21. The monoisotopic (exact) mass is 181 g/mol. The second kappa shape index (κ2) is 2.86. The normalized spacial score (nSPS) is 33.7. The number of rotatable bonds is 3. The quantitative estimate of drug-likeness (QED) is 0.760. The molecule has 0 saturated heterocycles. The molecule has 1 nitrogen and oxygen atoms in total. The fraction of sp³-hybridized carbons (Fsp3) is 0.600. The van der Waals surface area contributed by atoms with E-state index >= 15 is 0 Å². The Labute approximate surface area is 77.6 Å². The summed E-state index contributed by atoms with van der Waals surface area (Å²) >= 11 is 1.79. The van der Waals surface area contributed by atoms with Gasteiger partial charge in [-0.3, -0.25) is 0 Å². The van der Waals surface area contributed by atoms with Gasteiger partial charge in [0, 0.05) is 0 Å². The highest BCUT2D eigenvalue weighted by molar-refractivity contribution is 7.07. The zero-order chi connectivity index (χ0) is 8.60. The Morgan fingerprint density at radius 3 is 3.08 bits per heavy atom. The first-order chi connectivity index (χ1) is 5.74. The van der Waals surface area contributed by atoms with Gasteiger partial charge < -0.3 is 5.73 Å². The molecule has 2 N–H and O–H groups in total. The van der Waals surface area contributed by atoms with Crippen molar-refractivity contribution < 1.29 is 0 Å². The maximum absolute atomic E-state index is 5.64. The smallest absolute Gasteiger partial charge is 0.00433 e. The average molecular weight is 181 g/mol. The van der Waals surface area contributed by atoms with Crippen molar-refractivity contribution in [2.45, 2.75) is 19.8 Å². The van der Waals surface area contributed by atoms with Crippen molar-refractivity contribution in [2.24, 2.45) is 17.1 Å². The minimum Gasteiger partial charge on any atom is -0.330 e. The molecule has 1 aromatic rings. The minimum atomic E-state index is 0.524. The lowest BCUT2D eigenvalue weighted by Gasteiger charge is -2.08. The molecule has 1 heterocycles. The summed E-state index contributed by atoms with van der Waals surface area (Å²) in [4.78, 5) is 0. The minimum absolute atomic E-state index is 0.524. The van der Waals surface area contributed by atoms with Crippen molar-refractivity contribution in [1.82, 2.24) is 0 Å². The van der Waals surface area contributed by atoms with Crippen LogP contribution in [0.5, 0.6) is 0 Å². The van der Waals surface area contributed by atoms with Crippen molar-refractivity contribution in [2.75, 3.05) is 6.54 Å². The van der Waals surface area contributed by atoms with Crippen LogP contribution in [0.2, 0.25) is 0 Å². The molecule has 0 bridgehead atoms. The van der Waals surface area contributed by atoms with E-state index in [1.54, 1.807) is 11.3 Å². The third-order valence-corrected chi connectivity index (χ3v) is 3.74. The van der Waals surface area contributed by atoms with E-state index in [1.165, 1.54) is 18.4 Å². The van der Waals surface area contributed by atoms with Crippen LogP contribution in [0.1, 0.15) is 18.9 Å². The van der Waals surface area contributed by atoms with E-state index in [0.717, 1.165) is 12.5 Å². The molecular weight excluding hydrogens is 166 g/mol. The molecule has 2 heteroatoms. The number of nitrogens with two attached hydrogens (primary N) is 1. The molecule has 1 saturated carbocycles.